The molecule has 0 heterocycles. The van der Waals surface area contributed by atoms with Gasteiger partial charge in [-0.1, -0.05) is 0 Å². The molecule has 0 rings (SSSR count). The highest BCUT2D eigenvalue weighted by molar-refractivity contribution is 5.74. The third kappa shape index (κ3) is 5.43. The smallest absolute Gasteiger partial charge is 0.336 e. The first-order valence-electron chi connectivity index (χ1n) is 1.95. The lowest BCUT2D eigenvalue weighted by atomic mass is 10.7. The van der Waals surface area contributed by atoms with Crippen molar-refractivity contribution in [2.24, 2.45) is 0 Å². The molecule has 1 radical (unpaired) electrons. The van der Waals surface area contributed by atoms with Crippen LogP contribution in [0.25, 0.3) is 0 Å². The second-order valence-corrected chi connectivity index (χ2v) is 0.911. The van der Waals surface area contributed by atoms with Gasteiger partial charge in [0.15, 0.2) is 6.61 Å². The van der Waals surface area contributed by atoms with Gasteiger partial charge in [0.1, 0.15) is 0 Å². The molecule has 0 atom stereocenters. The van der Waals surface area contributed by atoms with Gasteiger partial charge >= 0.3 is 5.97 Å². The number of aliphatic carboxylic acids is 1. The average Bonchev–Trinajstić information content (AvgIpc) is 1.61. The van der Waals surface area contributed by atoms with Crippen LogP contribution in [0.5, 0.6) is 0 Å². The molecule has 0 aliphatic carbocycles. The predicted octanol–water partition coefficient (Wildman–Crippen LogP) is 0.269. The zero-order valence-corrected chi connectivity index (χ0v) is 4.05. The number of ether oxygens (including phenoxy) is 1. The van der Waals surface area contributed by atoms with Crippen molar-refractivity contribution in [1.29, 1.82) is 0 Å². The Balaban J connectivity index is 2.82. The molecule has 0 aromatic rings. The Kier molecular flexibility index (Phi) is 3.32. The molecule has 0 saturated heterocycles. The van der Waals surface area contributed by atoms with Crippen molar-refractivity contribution in [1.82, 2.24) is 0 Å². The summed E-state index contributed by atoms with van der Waals surface area (Å²) in [5.41, 5.74) is 0. The van der Waals surface area contributed by atoms with E-state index < -0.39 is 5.97 Å². The van der Waals surface area contributed by atoms with Crippen LogP contribution in [0.1, 0.15) is 6.92 Å². The molecule has 0 amide bonds. The maximum Gasteiger partial charge on any atom is 0.336 e. The number of hydrogen-bond donors (Lipinski definition) is 1. The summed E-state index contributed by atoms with van der Waals surface area (Å²) in [7, 11) is 0. The van der Waals surface area contributed by atoms with E-state index in [1.54, 1.807) is 6.92 Å². The van der Waals surface area contributed by atoms with Crippen LogP contribution in [0.15, 0.2) is 0 Å². The summed E-state index contributed by atoms with van der Waals surface area (Å²) >= 11 is 0. The number of hydrogen-bond acceptors (Lipinski definition) is 2. The maximum absolute atomic E-state index is 9.58. The standard InChI is InChI=1S/C4H7O3/c1-2-7-3-4(5)6/h3H,2H2,1H3,(H,5,6). The van der Waals surface area contributed by atoms with E-state index >= 15 is 0 Å². The average molecular weight is 103 g/mol. The van der Waals surface area contributed by atoms with Gasteiger partial charge in [-0.05, 0) is 6.92 Å². The summed E-state index contributed by atoms with van der Waals surface area (Å²) in [6.45, 7) is 2.89. The molecule has 0 spiro atoms. The molecule has 7 heavy (non-hydrogen) atoms. The SMILES string of the molecule is CCO[CH]C(=O)O. The van der Waals surface area contributed by atoms with Gasteiger partial charge in [-0.15, -0.1) is 0 Å². The van der Waals surface area contributed by atoms with Crippen LogP contribution in [-0.2, 0) is 9.53 Å². The molecule has 3 heteroatoms. The fourth-order valence-electron chi connectivity index (χ4n) is 0.155. The summed E-state index contributed by atoms with van der Waals surface area (Å²) in [6, 6.07) is 0. The third-order valence-corrected chi connectivity index (χ3v) is 0.351. The van der Waals surface area contributed by atoms with Gasteiger partial charge in [0.25, 0.3) is 0 Å². The lowest BCUT2D eigenvalue weighted by Gasteiger charge is -1.88. The first-order valence-corrected chi connectivity index (χ1v) is 1.95. The van der Waals surface area contributed by atoms with Crippen LogP contribution < -0.4 is 0 Å². The van der Waals surface area contributed by atoms with E-state index in [0.29, 0.717) is 6.61 Å². The van der Waals surface area contributed by atoms with Crippen molar-refractivity contribution in [3.8, 4) is 0 Å². The Labute approximate surface area is 41.9 Å². The molecule has 0 saturated carbocycles. The highest BCUT2D eigenvalue weighted by Gasteiger charge is 1.92. The van der Waals surface area contributed by atoms with Crippen LogP contribution in [0.2, 0.25) is 0 Å². The third-order valence-electron chi connectivity index (χ3n) is 0.351. The summed E-state index contributed by atoms with van der Waals surface area (Å²) in [6.07, 6.45) is 0. The van der Waals surface area contributed by atoms with E-state index in [1.807, 2.05) is 0 Å². The van der Waals surface area contributed by atoms with Crippen LogP contribution in [-0.4, -0.2) is 17.7 Å². The first-order chi connectivity index (χ1) is 3.27. The van der Waals surface area contributed by atoms with E-state index in [-0.39, 0.29) is 0 Å². The van der Waals surface area contributed by atoms with E-state index in [9.17, 15) is 4.79 Å². The molecule has 0 unspecified atom stereocenters. The molecular weight excluding hydrogens is 96.0 g/mol. The van der Waals surface area contributed by atoms with Gasteiger partial charge in [-0.25, -0.2) is 4.79 Å². The van der Waals surface area contributed by atoms with Crippen molar-refractivity contribution in [3.05, 3.63) is 6.61 Å². The van der Waals surface area contributed by atoms with E-state index in [4.69, 9.17) is 5.11 Å². The van der Waals surface area contributed by atoms with Crippen LogP contribution in [0.4, 0.5) is 0 Å². The lowest BCUT2D eigenvalue weighted by molar-refractivity contribution is -0.137. The molecule has 41 valence electrons. The van der Waals surface area contributed by atoms with Gasteiger partial charge in [-0.3, -0.25) is 0 Å². The molecule has 0 aromatic carbocycles. The van der Waals surface area contributed by atoms with E-state index in [2.05, 4.69) is 4.74 Å². The monoisotopic (exact) mass is 103 g/mol. The Morgan fingerprint density at radius 3 is 2.71 bits per heavy atom. The minimum absolute atomic E-state index is 0.409. The molecule has 0 aromatic heterocycles. The van der Waals surface area contributed by atoms with Crippen molar-refractivity contribution in [3.63, 3.8) is 0 Å². The number of carbonyl (C=O) groups is 1. The van der Waals surface area contributed by atoms with Crippen molar-refractivity contribution in [2.45, 2.75) is 6.92 Å². The van der Waals surface area contributed by atoms with Gasteiger partial charge in [-0.2, -0.15) is 0 Å². The van der Waals surface area contributed by atoms with Crippen molar-refractivity contribution in [2.75, 3.05) is 6.61 Å². The fourth-order valence-corrected chi connectivity index (χ4v) is 0.155. The topological polar surface area (TPSA) is 46.5 Å². The highest BCUT2D eigenvalue weighted by Crippen LogP contribution is 1.77. The Bertz CT molecular complexity index is 60.0. The Morgan fingerprint density at radius 1 is 2.00 bits per heavy atom. The van der Waals surface area contributed by atoms with Crippen LogP contribution >= 0.6 is 0 Å². The summed E-state index contributed by atoms with van der Waals surface area (Å²) in [5, 5.41) is 7.86. The largest absolute Gasteiger partial charge is 0.479 e. The lowest BCUT2D eigenvalue weighted by Crippen LogP contribution is -1.98. The minimum atomic E-state index is -1.04. The number of carboxylic acid groups (broad SMARTS) is 1. The summed E-state index contributed by atoms with van der Waals surface area (Å²) in [5.74, 6) is -1.04. The normalized spacial score (nSPS) is 8.71. The number of rotatable bonds is 3. The van der Waals surface area contributed by atoms with Crippen molar-refractivity contribution < 1.29 is 14.6 Å². The van der Waals surface area contributed by atoms with Crippen LogP contribution in [0.3, 0.4) is 0 Å². The van der Waals surface area contributed by atoms with Crippen LogP contribution in [0, 0.1) is 6.61 Å². The van der Waals surface area contributed by atoms with Gasteiger partial charge in [0, 0.05) is 6.61 Å². The highest BCUT2D eigenvalue weighted by atomic mass is 16.5. The second kappa shape index (κ2) is 3.61. The predicted molar refractivity (Wildman–Crippen MR) is 23.6 cm³/mol. The molecule has 0 aliphatic heterocycles. The molecule has 0 bridgehead atoms. The fraction of sp³-hybridized carbons (Fsp3) is 0.500. The summed E-state index contributed by atoms with van der Waals surface area (Å²) < 4.78 is 4.37. The first kappa shape index (κ1) is 6.43. The molecule has 0 fully saturated rings. The van der Waals surface area contributed by atoms with Gasteiger partial charge < -0.3 is 9.84 Å². The van der Waals surface area contributed by atoms with Gasteiger partial charge in [0.2, 0.25) is 0 Å². The molecule has 0 aliphatic rings. The molecular formula is C4H7O3. The number of carboxylic acids is 1. The minimum Gasteiger partial charge on any atom is -0.479 e. The zero-order chi connectivity index (χ0) is 5.70. The Hall–Kier alpha value is -0.570. The van der Waals surface area contributed by atoms with E-state index in [1.165, 1.54) is 0 Å². The quantitative estimate of drug-likeness (QED) is 0.557. The molecule has 3 nitrogen and oxygen atoms in total. The van der Waals surface area contributed by atoms with E-state index in [0.717, 1.165) is 6.61 Å². The summed E-state index contributed by atoms with van der Waals surface area (Å²) in [4.78, 5) is 9.58. The molecule has 1 N–H and O–H groups in total. The maximum atomic E-state index is 9.58. The second-order valence-electron chi connectivity index (χ2n) is 0.911. The zero-order valence-electron chi connectivity index (χ0n) is 4.05. The van der Waals surface area contributed by atoms with Crippen molar-refractivity contribution >= 4 is 5.97 Å². The Morgan fingerprint density at radius 2 is 2.57 bits per heavy atom. The van der Waals surface area contributed by atoms with Gasteiger partial charge in [0.05, 0.1) is 0 Å².